The number of aryl methyl sites for hydroxylation is 2. The predicted octanol–water partition coefficient (Wildman–Crippen LogP) is 6.49. The third-order valence-corrected chi connectivity index (χ3v) is 5.67. The van der Waals surface area contributed by atoms with Crippen molar-refractivity contribution in [3.63, 3.8) is 0 Å². The molecular formula is C27H26N2O. The van der Waals surface area contributed by atoms with Crippen molar-refractivity contribution in [2.24, 2.45) is 7.05 Å². The molecule has 0 aliphatic heterocycles. The van der Waals surface area contributed by atoms with Gasteiger partial charge in [0.15, 0.2) is 5.78 Å². The second-order valence-corrected chi connectivity index (χ2v) is 7.65. The Morgan fingerprint density at radius 3 is 2.30 bits per heavy atom. The maximum Gasteiger partial charge on any atom is 0.160 e. The third-order valence-electron chi connectivity index (χ3n) is 5.67. The van der Waals surface area contributed by atoms with Crippen molar-refractivity contribution < 1.29 is 4.79 Å². The van der Waals surface area contributed by atoms with E-state index >= 15 is 0 Å². The Morgan fingerprint density at radius 1 is 0.933 bits per heavy atom. The number of hydrogen-bond acceptors (Lipinski definition) is 2. The maximum absolute atomic E-state index is 12.0. The number of Topliss-reactive ketones (excluding diaryl/α,β-unsaturated/α-hetero) is 1. The molecule has 0 saturated carbocycles. The Bertz CT molecular complexity index is 1220. The van der Waals surface area contributed by atoms with Gasteiger partial charge in [0, 0.05) is 29.3 Å². The molecular weight excluding hydrogens is 368 g/mol. The number of imidazole rings is 1. The standard InChI is InChI=1S/C27H26N2O/c1-5-20-17-22(15-16-24(20)19(3)30)27-28-25(23-14-10-9-11-18(23)2)26(29(27)4)21-12-7-6-8-13-21/h6-17H,5H2,1-4H3. The zero-order chi connectivity index (χ0) is 21.3. The molecule has 0 N–H and O–H groups in total. The fourth-order valence-electron chi connectivity index (χ4n) is 4.08. The first-order valence-electron chi connectivity index (χ1n) is 10.3. The van der Waals surface area contributed by atoms with E-state index in [-0.39, 0.29) is 5.78 Å². The van der Waals surface area contributed by atoms with Gasteiger partial charge < -0.3 is 4.57 Å². The van der Waals surface area contributed by atoms with Gasteiger partial charge in [-0.2, -0.15) is 0 Å². The molecule has 0 amide bonds. The molecule has 4 rings (SSSR count). The minimum atomic E-state index is 0.101. The molecule has 0 saturated heterocycles. The van der Waals surface area contributed by atoms with E-state index in [9.17, 15) is 4.79 Å². The zero-order valence-corrected chi connectivity index (χ0v) is 17.9. The summed E-state index contributed by atoms with van der Waals surface area (Å²) in [4.78, 5) is 17.1. The molecule has 1 heterocycles. The average Bonchev–Trinajstić information content (AvgIpc) is 3.11. The minimum Gasteiger partial charge on any atom is -0.327 e. The number of carbonyl (C=O) groups is 1. The van der Waals surface area contributed by atoms with Gasteiger partial charge in [0.2, 0.25) is 0 Å². The molecule has 30 heavy (non-hydrogen) atoms. The van der Waals surface area contributed by atoms with E-state index < -0.39 is 0 Å². The summed E-state index contributed by atoms with van der Waals surface area (Å²) in [5.41, 5.74) is 8.40. The molecule has 1 aromatic heterocycles. The lowest BCUT2D eigenvalue weighted by Crippen LogP contribution is -2.01. The highest BCUT2D eigenvalue weighted by atomic mass is 16.1. The molecule has 0 aliphatic carbocycles. The molecule has 0 unspecified atom stereocenters. The first kappa shape index (κ1) is 19.8. The van der Waals surface area contributed by atoms with Crippen LogP contribution in [0.5, 0.6) is 0 Å². The van der Waals surface area contributed by atoms with Crippen LogP contribution >= 0.6 is 0 Å². The van der Waals surface area contributed by atoms with Crippen LogP contribution in [0.4, 0.5) is 0 Å². The number of hydrogen-bond donors (Lipinski definition) is 0. The van der Waals surface area contributed by atoms with E-state index in [1.807, 2.05) is 18.2 Å². The molecule has 0 aliphatic rings. The lowest BCUT2D eigenvalue weighted by molar-refractivity contribution is 0.101. The summed E-state index contributed by atoms with van der Waals surface area (Å²) in [6.07, 6.45) is 0.809. The zero-order valence-electron chi connectivity index (χ0n) is 17.9. The molecule has 0 fully saturated rings. The van der Waals surface area contributed by atoms with Crippen molar-refractivity contribution in [1.82, 2.24) is 9.55 Å². The van der Waals surface area contributed by atoms with E-state index in [1.54, 1.807) is 6.92 Å². The summed E-state index contributed by atoms with van der Waals surface area (Å²) < 4.78 is 2.17. The van der Waals surface area contributed by atoms with Gasteiger partial charge >= 0.3 is 0 Å². The van der Waals surface area contributed by atoms with Gasteiger partial charge in [-0.15, -0.1) is 0 Å². The molecule has 0 spiro atoms. The molecule has 150 valence electrons. The van der Waals surface area contributed by atoms with Crippen LogP contribution in [0.3, 0.4) is 0 Å². The molecule has 0 radical (unpaired) electrons. The van der Waals surface area contributed by atoms with Gasteiger partial charge in [0.05, 0.1) is 11.4 Å². The normalized spacial score (nSPS) is 10.9. The highest BCUT2D eigenvalue weighted by molar-refractivity contribution is 5.96. The van der Waals surface area contributed by atoms with Crippen LogP contribution in [0, 0.1) is 6.92 Å². The number of aromatic nitrogens is 2. The summed E-state index contributed by atoms with van der Waals surface area (Å²) in [7, 11) is 2.07. The van der Waals surface area contributed by atoms with Crippen LogP contribution < -0.4 is 0 Å². The van der Waals surface area contributed by atoms with E-state index in [4.69, 9.17) is 4.98 Å². The number of nitrogens with zero attached hydrogens (tertiary/aromatic N) is 2. The number of carbonyl (C=O) groups excluding carboxylic acids is 1. The summed E-state index contributed by atoms with van der Waals surface area (Å²) in [5.74, 6) is 1.00. The Kier molecular flexibility index (Phi) is 5.37. The van der Waals surface area contributed by atoms with Gasteiger partial charge in [0.1, 0.15) is 5.82 Å². The quantitative estimate of drug-likeness (QED) is 0.362. The van der Waals surface area contributed by atoms with Crippen molar-refractivity contribution in [2.75, 3.05) is 0 Å². The van der Waals surface area contributed by atoms with Crippen LogP contribution in [0.25, 0.3) is 33.9 Å². The predicted molar refractivity (Wildman–Crippen MR) is 124 cm³/mol. The molecule has 3 nitrogen and oxygen atoms in total. The number of benzene rings is 3. The highest BCUT2D eigenvalue weighted by Crippen LogP contribution is 2.37. The topological polar surface area (TPSA) is 34.9 Å². The van der Waals surface area contributed by atoms with E-state index in [0.717, 1.165) is 51.5 Å². The number of rotatable bonds is 5. The maximum atomic E-state index is 12.0. The van der Waals surface area contributed by atoms with Crippen LogP contribution in [0.15, 0.2) is 72.8 Å². The van der Waals surface area contributed by atoms with Crippen molar-refractivity contribution in [3.05, 3.63) is 89.5 Å². The summed E-state index contributed by atoms with van der Waals surface area (Å²) >= 11 is 0. The molecule has 0 bridgehead atoms. The van der Waals surface area contributed by atoms with Crippen molar-refractivity contribution in [2.45, 2.75) is 27.2 Å². The van der Waals surface area contributed by atoms with Crippen molar-refractivity contribution in [3.8, 4) is 33.9 Å². The average molecular weight is 395 g/mol. The smallest absolute Gasteiger partial charge is 0.160 e. The molecule has 3 heteroatoms. The highest BCUT2D eigenvalue weighted by Gasteiger charge is 2.20. The van der Waals surface area contributed by atoms with E-state index in [2.05, 4.69) is 80.1 Å². The van der Waals surface area contributed by atoms with Gasteiger partial charge in [-0.1, -0.05) is 73.7 Å². The summed E-state index contributed by atoms with van der Waals surface area (Å²) in [5, 5.41) is 0. The Balaban J connectivity index is 1.97. The second-order valence-electron chi connectivity index (χ2n) is 7.65. The van der Waals surface area contributed by atoms with Crippen LogP contribution in [0.2, 0.25) is 0 Å². The Labute approximate surface area is 178 Å². The van der Waals surface area contributed by atoms with Crippen molar-refractivity contribution >= 4 is 5.78 Å². The van der Waals surface area contributed by atoms with Crippen LogP contribution in [-0.4, -0.2) is 15.3 Å². The van der Waals surface area contributed by atoms with E-state index in [1.165, 1.54) is 5.56 Å². The van der Waals surface area contributed by atoms with Crippen LogP contribution in [-0.2, 0) is 13.5 Å². The lowest BCUT2D eigenvalue weighted by Gasteiger charge is -2.10. The monoisotopic (exact) mass is 394 g/mol. The molecule has 4 aromatic rings. The van der Waals surface area contributed by atoms with E-state index in [0.29, 0.717) is 0 Å². The second kappa shape index (κ2) is 8.11. The van der Waals surface area contributed by atoms with Gasteiger partial charge in [-0.3, -0.25) is 4.79 Å². The fraction of sp³-hybridized carbons (Fsp3) is 0.185. The Morgan fingerprint density at radius 2 is 1.63 bits per heavy atom. The molecule has 0 atom stereocenters. The van der Waals surface area contributed by atoms with Gasteiger partial charge in [0.25, 0.3) is 0 Å². The largest absolute Gasteiger partial charge is 0.327 e. The van der Waals surface area contributed by atoms with Gasteiger partial charge in [-0.25, -0.2) is 4.98 Å². The first-order valence-corrected chi connectivity index (χ1v) is 10.3. The Hall–Kier alpha value is -3.46. The summed E-state index contributed by atoms with van der Waals surface area (Å²) in [6.45, 7) is 5.83. The van der Waals surface area contributed by atoms with Crippen LogP contribution in [0.1, 0.15) is 35.3 Å². The molecule has 3 aromatic carbocycles. The van der Waals surface area contributed by atoms with Gasteiger partial charge in [-0.05, 0) is 37.5 Å². The third kappa shape index (κ3) is 3.48. The number of ketones is 1. The SMILES string of the molecule is CCc1cc(-c2nc(-c3ccccc3C)c(-c3ccccc3)n2C)ccc1C(C)=O. The first-order chi connectivity index (χ1) is 14.5. The lowest BCUT2D eigenvalue weighted by atomic mass is 9.99. The summed E-state index contributed by atoms with van der Waals surface area (Å²) in [6, 6.07) is 24.8. The minimum absolute atomic E-state index is 0.101. The fourth-order valence-corrected chi connectivity index (χ4v) is 4.08. The van der Waals surface area contributed by atoms with Crippen molar-refractivity contribution in [1.29, 1.82) is 0 Å².